The van der Waals surface area contributed by atoms with Crippen LogP contribution in [0.3, 0.4) is 0 Å². The number of hydrogen-bond donors (Lipinski definition) is 7. The second kappa shape index (κ2) is 11.8. The number of carboxylic acids is 2. The first-order valence-corrected chi connectivity index (χ1v) is 10.8. The number of hydrogen-bond acceptors (Lipinski definition) is 10. The lowest BCUT2D eigenvalue weighted by molar-refractivity contribution is -0.139. The SMILES string of the molecule is Nc1nc2ncn(CCSCC(NC(=O)CCC(N)C(=O)O)C(=O)NCC(=O)O)c2c(=O)[nH]1. The van der Waals surface area contributed by atoms with Gasteiger partial charge in [0.05, 0.1) is 6.33 Å². The molecular weight excluding hydrogens is 460 g/mol. The predicted molar refractivity (Wildman–Crippen MR) is 117 cm³/mol. The van der Waals surface area contributed by atoms with Crippen LogP contribution >= 0.6 is 11.8 Å². The fraction of sp³-hybridized carbons (Fsp3) is 0.471. The summed E-state index contributed by atoms with van der Waals surface area (Å²) in [5.74, 6) is -3.35. The summed E-state index contributed by atoms with van der Waals surface area (Å²) in [6, 6.07) is -2.28. The maximum absolute atomic E-state index is 12.3. The van der Waals surface area contributed by atoms with Crippen molar-refractivity contribution in [1.82, 2.24) is 30.2 Å². The number of anilines is 1. The molecule has 15 nitrogen and oxygen atoms in total. The van der Waals surface area contributed by atoms with E-state index in [-0.39, 0.29) is 35.7 Å². The molecule has 16 heteroatoms. The molecule has 2 rings (SSSR count). The van der Waals surface area contributed by atoms with E-state index in [1.807, 2.05) is 0 Å². The van der Waals surface area contributed by atoms with Crippen molar-refractivity contribution >= 4 is 52.6 Å². The normalized spacial score (nSPS) is 12.8. The minimum atomic E-state index is -1.25. The van der Waals surface area contributed by atoms with Crippen LogP contribution in [0.1, 0.15) is 12.8 Å². The standard InChI is InChI=1S/C17H24N8O7S/c18-8(16(31)32)1-2-10(26)22-9(14(29)20-5-11(27)28)6-33-4-3-25-7-21-13-12(25)15(30)24-17(19)23-13/h7-9H,1-6,18H2,(H,20,29)(H,22,26)(H,27,28)(H,31,32)(H3,19,23,24,30). The van der Waals surface area contributed by atoms with Crippen LogP contribution in [0.5, 0.6) is 0 Å². The molecule has 2 unspecified atom stereocenters. The number of nitrogens with one attached hydrogen (secondary N) is 3. The molecule has 0 aromatic carbocycles. The molecule has 180 valence electrons. The van der Waals surface area contributed by atoms with Crippen LogP contribution in [0.2, 0.25) is 0 Å². The Kier molecular flexibility index (Phi) is 9.17. The largest absolute Gasteiger partial charge is 0.480 e. The molecule has 0 fully saturated rings. The number of thioether (sulfide) groups is 1. The topological polar surface area (TPSA) is 248 Å². The number of carbonyl (C=O) groups excluding carboxylic acids is 2. The Balaban J connectivity index is 1.94. The van der Waals surface area contributed by atoms with Crippen molar-refractivity contribution in [3.8, 4) is 0 Å². The fourth-order valence-electron chi connectivity index (χ4n) is 2.68. The first-order valence-electron chi connectivity index (χ1n) is 9.64. The van der Waals surface area contributed by atoms with Crippen molar-refractivity contribution < 1.29 is 29.4 Å². The van der Waals surface area contributed by atoms with E-state index in [0.29, 0.717) is 12.3 Å². The van der Waals surface area contributed by atoms with Crippen LogP contribution in [0, 0.1) is 0 Å². The molecule has 2 aromatic heterocycles. The number of aromatic amines is 1. The van der Waals surface area contributed by atoms with Gasteiger partial charge >= 0.3 is 11.9 Å². The Morgan fingerprint density at radius 3 is 2.67 bits per heavy atom. The number of aliphatic carboxylic acids is 2. The number of H-pyrrole nitrogens is 1. The van der Waals surface area contributed by atoms with Crippen LogP contribution in [0.15, 0.2) is 11.1 Å². The van der Waals surface area contributed by atoms with E-state index >= 15 is 0 Å². The molecule has 33 heavy (non-hydrogen) atoms. The number of nitrogens with two attached hydrogens (primary N) is 2. The van der Waals surface area contributed by atoms with Gasteiger partial charge in [0.1, 0.15) is 18.6 Å². The summed E-state index contributed by atoms with van der Waals surface area (Å²) in [4.78, 5) is 68.3. The maximum Gasteiger partial charge on any atom is 0.322 e. The van der Waals surface area contributed by atoms with Crippen molar-refractivity contribution in [2.24, 2.45) is 5.73 Å². The number of aromatic nitrogens is 4. The number of aryl methyl sites for hydroxylation is 1. The Labute approximate surface area is 190 Å². The van der Waals surface area contributed by atoms with E-state index in [9.17, 15) is 24.0 Å². The van der Waals surface area contributed by atoms with Crippen LogP contribution in [-0.4, -0.2) is 83.6 Å². The molecule has 0 aliphatic carbocycles. The van der Waals surface area contributed by atoms with Crippen molar-refractivity contribution in [1.29, 1.82) is 0 Å². The summed E-state index contributed by atoms with van der Waals surface area (Å²) >= 11 is 1.26. The zero-order valence-corrected chi connectivity index (χ0v) is 18.1. The molecule has 0 aliphatic heterocycles. The monoisotopic (exact) mass is 484 g/mol. The molecule has 2 aromatic rings. The lowest BCUT2D eigenvalue weighted by Gasteiger charge is -2.18. The molecule has 0 bridgehead atoms. The molecule has 0 saturated heterocycles. The van der Waals surface area contributed by atoms with Gasteiger partial charge in [0.2, 0.25) is 17.8 Å². The van der Waals surface area contributed by atoms with E-state index in [4.69, 9.17) is 21.7 Å². The summed E-state index contributed by atoms with van der Waals surface area (Å²) in [6.07, 6.45) is 1.08. The number of carboxylic acid groups (broad SMARTS) is 2. The first kappa shape index (κ1) is 25.6. The van der Waals surface area contributed by atoms with Crippen LogP contribution in [0.4, 0.5) is 5.95 Å². The van der Waals surface area contributed by atoms with Gasteiger partial charge in [-0.05, 0) is 6.42 Å². The summed E-state index contributed by atoms with van der Waals surface area (Å²) in [6.45, 7) is -0.291. The number of imidazole rings is 1. The van der Waals surface area contributed by atoms with Gasteiger partial charge in [0, 0.05) is 24.5 Å². The molecule has 0 aliphatic rings. The Morgan fingerprint density at radius 1 is 1.27 bits per heavy atom. The van der Waals surface area contributed by atoms with Crippen LogP contribution in [0.25, 0.3) is 11.2 Å². The molecule has 0 spiro atoms. The fourth-order valence-corrected chi connectivity index (χ4v) is 3.64. The van der Waals surface area contributed by atoms with E-state index in [1.165, 1.54) is 18.1 Å². The molecule has 0 saturated carbocycles. The van der Waals surface area contributed by atoms with Gasteiger partial charge in [-0.15, -0.1) is 0 Å². The van der Waals surface area contributed by atoms with E-state index < -0.39 is 47.9 Å². The zero-order valence-electron chi connectivity index (χ0n) is 17.3. The van der Waals surface area contributed by atoms with Gasteiger partial charge < -0.3 is 36.9 Å². The van der Waals surface area contributed by atoms with Gasteiger partial charge in [-0.2, -0.15) is 16.7 Å². The molecule has 2 amide bonds. The summed E-state index contributed by atoms with van der Waals surface area (Å²) in [5, 5.41) is 22.2. The van der Waals surface area contributed by atoms with Gasteiger partial charge in [-0.1, -0.05) is 0 Å². The number of amides is 2. The number of carbonyl (C=O) groups is 4. The van der Waals surface area contributed by atoms with Gasteiger partial charge in [-0.25, -0.2) is 4.98 Å². The van der Waals surface area contributed by atoms with Crippen molar-refractivity contribution in [3.05, 3.63) is 16.7 Å². The van der Waals surface area contributed by atoms with Gasteiger partial charge in [0.25, 0.3) is 5.56 Å². The summed E-state index contributed by atoms with van der Waals surface area (Å²) < 4.78 is 1.57. The molecule has 9 N–H and O–H groups in total. The second-order valence-corrected chi connectivity index (χ2v) is 8.00. The summed E-state index contributed by atoms with van der Waals surface area (Å²) in [7, 11) is 0. The average molecular weight is 484 g/mol. The quantitative estimate of drug-likeness (QED) is 0.144. The molecular formula is C17H24N8O7S. The third-order valence-electron chi connectivity index (χ3n) is 4.33. The third kappa shape index (κ3) is 7.76. The lowest BCUT2D eigenvalue weighted by atomic mass is 10.1. The van der Waals surface area contributed by atoms with Crippen molar-refractivity contribution in [3.63, 3.8) is 0 Å². The van der Waals surface area contributed by atoms with Crippen LogP contribution < -0.4 is 27.7 Å². The van der Waals surface area contributed by atoms with Gasteiger partial charge in [0.15, 0.2) is 11.2 Å². The van der Waals surface area contributed by atoms with Crippen molar-refractivity contribution in [2.75, 3.05) is 23.8 Å². The minimum Gasteiger partial charge on any atom is -0.480 e. The summed E-state index contributed by atoms with van der Waals surface area (Å²) in [5.41, 5.74) is 10.8. The Bertz CT molecular complexity index is 1080. The van der Waals surface area contributed by atoms with Crippen LogP contribution in [-0.2, 0) is 25.7 Å². The molecule has 0 radical (unpaired) electrons. The number of nitrogen functional groups attached to an aromatic ring is 1. The van der Waals surface area contributed by atoms with E-state index in [1.54, 1.807) is 4.57 Å². The average Bonchev–Trinajstić information content (AvgIpc) is 3.15. The second-order valence-electron chi connectivity index (χ2n) is 6.85. The maximum atomic E-state index is 12.3. The minimum absolute atomic E-state index is 0.0533. The number of nitrogens with zero attached hydrogens (tertiary/aromatic N) is 3. The predicted octanol–water partition coefficient (Wildman–Crippen LogP) is -2.69. The highest BCUT2D eigenvalue weighted by Crippen LogP contribution is 2.10. The Hall–Kier alpha value is -3.66. The Morgan fingerprint density at radius 2 is 2.00 bits per heavy atom. The molecule has 2 atom stereocenters. The highest BCUT2D eigenvalue weighted by Gasteiger charge is 2.22. The lowest BCUT2D eigenvalue weighted by Crippen LogP contribution is -2.49. The van der Waals surface area contributed by atoms with E-state index in [2.05, 4.69) is 25.6 Å². The highest BCUT2D eigenvalue weighted by molar-refractivity contribution is 7.99. The van der Waals surface area contributed by atoms with Gasteiger partial charge in [-0.3, -0.25) is 29.0 Å². The van der Waals surface area contributed by atoms with E-state index in [0.717, 1.165) is 0 Å². The number of rotatable bonds is 13. The zero-order chi connectivity index (χ0) is 24.5. The third-order valence-corrected chi connectivity index (χ3v) is 5.37. The van der Waals surface area contributed by atoms with Crippen molar-refractivity contribution in [2.45, 2.75) is 31.5 Å². The first-order chi connectivity index (χ1) is 15.6. The number of fused-ring (bicyclic) bond motifs is 1. The highest BCUT2D eigenvalue weighted by atomic mass is 32.2. The molecule has 2 heterocycles. The smallest absolute Gasteiger partial charge is 0.322 e.